The smallest absolute Gasteiger partial charge is 0.283 e. The average molecular weight is 494 g/mol. The molecule has 3 aromatic rings. The topological polar surface area (TPSA) is 78.5 Å². The van der Waals surface area contributed by atoms with Gasteiger partial charge in [-0.1, -0.05) is 60.5 Å². The molecule has 1 heterocycles. The molecule has 0 aliphatic carbocycles. The first-order chi connectivity index (χ1) is 16.3. The summed E-state index contributed by atoms with van der Waals surface area (Å²) in [6, 6.07) is 19.1. The van der Waals surface area contributed by atoms with Gasteiger partial charge in [0.2, 0.25) is 0 Å². The first kappa shape index (κ1) is 23.5. The van der Waals surface area contributed by atoms with E-state index in [9.17, 15) is 14.4 Å². The van der Waals surface area contributed by atoms with E-state index in [0.717, 1.165) is 28.1 Å². The molecular weight excluding hydrogens is 473 g/mol. The van der Waals surface area contributed by atoms with Crippen molar-refractivity contribution in [2.45, 2.75) is 20.3 Å². The van der Waals surface area contributed by atoms with Crippen LogP contribution in [0.2, 0.25) is 5.02 Å². The predicted molar refractivity (Wildman–Crippen MR) is 135 cm³/mol. The normalized spacial score (nSPS) is 13.5. The van der Waals surface area contributed by atoms with Crippen molar-refractivity contribution in [1.29, 1.82) is 0 Å². The first-order valence-electron chi connectivity index (χ1n) is 10.6. The minimum absolute atomic E-state index is 0.0720. The van der Waals surface area contributed by atoms with Gasteiger partial charge in [-0.15, -0.1) is 0 Å². The summed E-state index contributed by atoms with van der Waals surface area (Å²) in [5.41, 5.74) is 3.65. The highest BCUT2D eigenvalue weighted by Crippen LogP contribution is 2.32. The lowest BCUT2D eigenvalue weighted by Gasteiger charge is -2.16. The molecule has 0 saturated heterocycles. The summed E-state index contributed by atoms with van der Waals surface area (Å²) in [6.45, 7) is 3.84. The summed E-state index contributed by atoms with van der Waals surface area (Å²) in [4.78, 5) is 39.6. The van der Waals surface area contributed by atoms with E-state index in [2.05, 4.69) is 10.6 Å². The Hall–Kier alpha value is -3.61. The lowest BCUT2D eigenvalue weighted by molar-refractivity contribution is -0.120. The molecule has 6 nitrogen and oxygen atoms in total. The maximum Gasteiger partial charge on any atom is 0.283 e. The molecule has 0 unspecified atom stereocenters. The number of nitrogens with one attached hydrogen (secondary N) is 2. The number of carbonyl (C=O) groups excluding carboxylic acids is 3. The fraction of sp³-hybridized carbons (Fsp3) is 0.115. The highest BCUT2D eigenvalue weighted by Gasteiger charge is 2.39. The quantitative estimate of drug-likeness (QED) is 0.419. The van der Waals surface area contributed by atoms with Gasteiger partial charge in [0.25, 0.3) is 17.7 Å². The molecule has 0 spiro atoms. The summed E-state index contributed by atoms with van der Waals surface area (Å²) in [6.07, 6.45) is 0.781. The summed E-state index contributed by atoms with van der Waals surface area (Å²) in [5, 5.41) is 6.00. The molecule has 0 bridgehead atoms. The maximum atomic E-state index is 13.0. The fourth-order valence-corrected chi connectivity index (χ4v) is 3.98. The Balaban J connectivity index is 1.55. The number of carbonyl (C=O) groups is 3. The molecule has 1 aliphatic heterocycles. The van der Waals surface area contributed by atoms with Crippen LogP contribution in [0.3, 0.4) is 0 Å². The molecule has 3 aromatic carbocycles. The molecule has 4 rings (SSSR count). The molecule has 0 fully saturated rings. The van der Waals surface area contributed by atoms with E-state index in [1.165, 1.54) is 0 Å². The highest BCUT2D eigenvalue weighted by molar-refractivity contribution is 6.53. The molecular formula is C26H21Cl2N3O3. The van der Waals surface area contributed by atoms with Crippen molar-refractivity contribution in [3.05, 3.63) is 99.2 Å². The van der Waals surface area contributed by atoms with E-state index in [4.69, 9.17) is 23.2 Å². The van der Waals surface area contributed by atoms with Gasteiger partial charge in [0.05, 0.1) is 5.69 Å². The van der Waals surface area contributed by atoms with Crippen molar-refractivity contribution in [1.82, 2.24) is 0 Å². The molecule has 8 heteroatoms. The summed E-state index contributed by atoms with van der Waals surface area (Å²) < 4.78 is 0. The molecule has 0 aromatic heterocycles. The van der Waals surface area contributed by atoms with Gasteiger partial charge in [0.15, 0.2) is 0 Å². The minimum atomic E-state index is -0.654. The predicted octanol–water partition coefficient (Wildman–Crippen LogP) is 5.90. The van der Waals surface area contributed by atoms with Crippen LogP contribution in [0.4, 0.5) is 17.1 Å². The third-order valence-electron chi connectivity index (χ3n) is 5.48. The number of anilines is 3. The maximum absolute atomic E-state index is 13.0. The Kier molecular flexibility index (Phi) is 6.72. The van der Waals surface area contributed by atoms with Crippen molar-refractivity contribution in [2.75, 3.05) is 15.5 Å². The Morgan fingerprint density at radius 2 is 1.71 bits per heavy atom. The van der Waals surface area contributed by atoms with Crippen LogP contribution in [0.15, 0.2) is 77.5 Å². The number of hydrogen-bond acceptors (Lipinski definition) is 4. The van der Waals surface area contributed by atoms with Gasteiger partial charge in [-0.25, -0.2) is 4.90 Å². The number of para-hydroxylation sites is 1. The van der Waals surface area contributed by atoms with Crippen LogP contribution in [0.25, 0.3) is 0 Å². The van der Waals surface area contributed by atoms with Crippen molar-refractivity contribution < 1.29 is 14.4 Å². The van der Waals surface area contributed by atoms with Gasteiger partial charge >= 0.3 is 0 Å². The van der Waals surface area contributed by atoms with Gasteiger partial charge < -0.3 is 10.6 Å². The van der Waals surface area contributed by atoms with E-state index in [1.807, 2.05) is 38.1 Å². The third-order valence-corrected chi connectivity index (χ3v) is 6.24. The van der Waals surface area contributed by atoms with Gasteiger partial charge in [-0.05, 0) is 60.9 Å². The highest BCUT2D eigenvalue weighted by atomic mass is 35.5. The van der Waals surface area contributed by atoms with Gasteiger partial charge in [0.1, 0.15) is 10.7 Å². The molecule has 0 radical (unpaired) electrons. The lowest BCUT2D eigenvalue weighted by Crippen LogP contribution is -2.32. The monoisotopic (exact) mass is 493 g/mol. The third kappa shape index (κ3) is 4.55. The van der Waals surface area contributed by atoms with Crippen molar-refractivity contribution in [3.8, 4) is 0 Å². The molecule has 1 aliphatic rings. The van der Waals surface area contributed by atoms with Crippen LogP contribution in [0.1, 0.15) is 28.4 Å². The second-order valence-electron chi connectivity index (χ2n) is 7.74. The number of imide groups is 1. The van der Waals surface area contributed by atoms with Gasteiger partial charge in [-0.3, -0.25) is 14.4 Å². The molecule has 2 N–H and O–H groups in total. The number of aryl methyl sites for hydroxylation is 2. The molecule has 172 valence electrons. The van der Waals surface area contributed by atoms with E-state index >= 15 is 0 Å². The average Bonchev–Trinajstić information content (AvgIpc) is 3.04. The molecule has 34 heavy (non-hydrogen) atoms. The van der Waals surface area contributed by atoms with E-state index < -0.39 is 11.8 Å². The zero-order chi connectivity index (χ0) is 24.4. The minimum Gasteiger partial charge on any atom is -0.350 e. The summed E-state index contributed by atoms with van der Waals surface area (Å²) in [5.74, 6) is -1.56. The first-order valence-corrected chi connectivity index (χ1v) is 11.4. The molecule has 3 amide bonds. The van der Waals surface area contributed by atoms with Crippen LogP contribution < -0.4 is 15.5 Å². The summed E-state index contributed by atoms with van der Waals surface area (Å²) in [7, 11) is 0. The number of nitrogens with zero attached hydrogens (tertiary/aromatic N) is 1. The summed E-state index contributed by atoms with van der Waals surface area (Å²) >= 11 is 12.4. The van der Waals surface area contributed by atoms with Gasteiger partial charge in [0, 0.05) is 22.0 Å². The van der Waals surface area contributed by atoms with Gasteiger partial charge in [-0.2, -0.15) is 0 Å². The molecule has 0 saturated carbocycles. The second kappa shape index (κ2) is 9.71. The van der Waals surface area contributed by atoms with Crippen LogP contribution >= 0.6 is 23.2 Å². The zero-order valence-electron chi connectivity index (χ0n) is 18.5. The van der Waals surface area contributed by atoms with E-state index in [1.54, 1.807) is 42.5 Å². The largest absolute Gasteiger partial charge is 0.350 e. The van der Waals surface area contributed by atoms with E-state index in [0.29, 0.717) is 22.0 Å². The number of rotatable bonds is 6. The number of hydrogen-bond donors (Lipinski definition) is 2. The lowest BCUT2D eigenvalue weighted by atomic mass is 10.1. The standard InChI is InChI=1S/C26H21Cl2N3O3/c1-3-16-7-4-5-10-21(16)30-24(32)17-8-6-9-18(13-17)29-23-22(28)25(33)31(26(23)34)19-12-11-15(2)20(27)14-19/h4-14,29H,3H2,1-2H3,(H,30,32). The zero-order valence-corrected chi connectivity index (χ0v) is 20.0. The van der Waals surface area contributed by atoms with Crippen molar-refractivity contribution in [3.63, 3.8) is 0 Å². The Labute approximate surface area is 207 Å². The number of benzene rings is 3. The Morgan fingerprint density at radius 3 is 2.44 bits per heavy atom. The Morgan fingerprint density at radius 1 is 0.941 bits per heavy atom. The SMILES string of the molecule is CCc1ccccc1NC(=O)c1cccc(NC2=C(Cl)C(=O)N(c3ccc(C)c(Cl)c3)C2=O)c1. The van der Waals surface area contributed by atoms with Crippen molar-refractivity contribution in [2.24, 2.45) is 0 Å². The molecule has 0 atom stereocenters. The van der Waals surface area contributed by atoms with Crippen molar-refractivity contribution >= 4 is 58.0 Å². The second-order valence-corrected chi connectivity index (χ2v) is 8.52. The van der Waals surface area contributed by atoms with E-state index in [-0.39, 0.29) is 16.6 Å². The number of halogens is 2. The van der Waals surface area contributed by atoms with Crippen LogP contribution in [0, 0.1) is 6.92 Å². The number of amides is 3. The van der Waals surface area contributed by atoms with Crippen LogP contribution in [-0.4, -0.2) is 17.7 Å². The van der Waals surface area contributed by atoms with Crippen LogP contribution in [-0.2, 0) is 16.0 Å². The fourth-order valence-electron chi connectivity index (χ4n) is 3.59. The van der Waals surface area contributed by atoms with Crippen LogP contribution in [0.5, 0.6) is 0 Å². The Bertz CT molecular complexity index is 1350.